The van der Waals surface area contributed by atoms with Crippen LogP contribution in [0.1, 0.15) is 30.6 Å². The molecular weight excluding hydrogens is 322 g/mol. The standard InChI is InChI=1S/C18H25N3O4/c1-3-13(22)11-20-7-9-21(10-8-20)18(24)14-5-4-6-15-16(14)25-12(2)17(23)19-15/h4-6,12-13,22H,3,7-11H2,1-2H3,(H,19,23). The van der Waals surface area contributed by atoms with Gasteiger partial charge >= 0.3 is 0 Å². The van der Waals surface area contributed by atoms with Crippen molar-refractivity contribution in [1.82, 2.24) is 9.80 Å². The molecule has 1 fully saturated rings. The molecule has 0 saturated carbocycles. The van der Waals surface area contributed by atoms with Crippen LogP contribution in [-0.2, 0) is 4.79 Å². The molecule has 0 bridgehead atoms. The van der Waals surface area contributed by atoms with Crippen molar-refractivity contribution in [3.8, 4) is 5.75 Å². The maximum absolute atomic E-state index is 12.9. The van der Waals surface area contributed by atoms with Crippen molar-refractivity contribution >= 4 is 17.5 Å². The number of hydrogen-bond acceptors (Lipinski definition) is 5. The number of aliphatic hydroxyl groups excluding tert-OH is 1. The summed E-state index contributed by atoms with van der Waals surface area (Å²) in [5.74, 6) is 0.152. The number of β-amino-alcohol motifs (C(OH)–C–C–N with tert-alkyl or cyclic N) is 1. The number of piperazine rings is 1. The summed E-state index contributed by atoms with van der Waals surface area (Å²) in [5, 5.41) is 12.5. The number of amides is 2. The summed E-state index contributed by atoms with van der Waals surface area (Å²) in [6.07, 6.45) is -0.202. The summed E-state index contributed by atoms with van der Waals surface area (Å²) in [6.45, 7) is 6.98. The fourth-order valence-electron chi connectivity index (χ4n) is 3.13. The van der Waals surface area contributed by atoms with E-state index in [0.717, 1.165) is 19.5 Å². The molecule has 2 atom stereocenters. The Morgan fingerprint density at radius 1 is 1.36 bits per heavy atom. The fraction of sp³-hybridized carbons (Fsp3) is 0.556. The third-order valence-corrected chi connectivity index (χ3v) is 4.77. The lowest BCUT2D eigenvalue weighted by Crippen LogP contribution is -2.50. The molecule has 1 saturated heterocycles. The minimum atomic E-state index is -0.617. The van der Waals surface area contributed by atoms with E-state index in [4.69, 9.17) is 4.74 Å². The Balaban J connectivity index is 1.69. The first-order valence-corrected chi connectivity index (χ1v) is 8.79. The van der Waals surface area contributed by atoms with E-state index in [2.05, 4.69) is 10.2 Å². The molecule has 0 spiro atoms. The molecule has 1 aromatic rings. The van der Waals surface area contributed by atoms with Gasteiger partial charge in [-0.3, -0.25) is 14.5 Å². The van der Waals surface area contributed by atoms with E-state index < -0.39 is 6.10 Å². The molecule has 0 aliphatic carbocycles. The molecule has 25 heavy (non-hydrogen) atoms. The molecule has 2 aliphatic heterocycles. The van der Waals surface area contributed by atoms with Crippen LogP contribution in [0.15, 0.2) is 18.2 Å². The quantitative estimate of drug-likeness (QED) is 0.847. The topological polar surface area (TPSA) is 82.1 Å². The number of nitrogens with zero attached hydrogens (tertiary/aromatic N) is 2. The van der Waals surface area contributed by atoms with Crippen LogP contribution in [0, 0.1) is 0 Å². The molecule has 7 nitrogen and oxygen atoms in total. The van der Waals surface area contributed by atoms with Gasteiger partial charge in [0.15, 0.2) is 11.9 Å². The second-order valence-electron chi connectivity index (χ2n) is 6.59. The predicted octanol–water partition coefficient (Wildman–Crippen LogP) is 0.935. The number of para-hydroxylation sites is 1. The monoisotopic (exact) mass is 347 g/mol. The predicted molar refractivity (Wildman–Crippen MR) is 93.8 cm³/mol. The smallest absolute Gasteiger partial charge is 0.265 e. The van der Waals surface area contributed by atoms with Gasteiger partial charge in [0, 0.05) is 32.7 Å². The van der Waals surface area contributed by atoms with Crippen LogP contribution in [0.4, 0.5) is 5.69 Å². The Bertz CT molecular complexity index is 656. The number of rotatable bonds is 4. The molecule has 2 unspecified atom stereocenters. The molecule has 0 radical (unpaired) electrons. The zero-order chi connectivity index (χ0) is 18.0. The molecule has 1 aromatic carbocycles. The summed E-state index contributed by atoms with van der Waals surface area (Å²) in [6, 6.07) is 5.22. The van der Waals surface area contributed by atoms with Crippen molar-refractivity contribution in [3.05, 3.63) is 23.8 Å². The Labute approximate surface area is 147 Å². The van der Waals surface area contributed by atoms with Gasteiger partial charge in [-0.25, -0.2) is 0 Å². The van der Waals surface area contributed by atoms with E-state index in [1.807, 2.05) is 6.92 Å². The number of carbonyl (C=O) groups is 2. The number of aliphatic hydroxyl groups is 1. The lowest BCUT2D eigenvalue weighted by molar-refractivity contribution is -0.122. The SMILES string of the molecule is CCC(O)CN1CCN(C(=O)c2cccc3c2OC(C)C(=O)N3)CC1. The average Bonchev–Trinajstić information content (AvgIpc) is 2.62. The third kappa shape index (κ3) is 3.77. The lowest BCUT2D eigenvalue weighted by atomic mass is 10.1. The van der Waals surface area contributed by atoms with Gasteiger partial charge in [-0.15, -0.1) is 0 Å². The molecule has 2 aliphatic rings. The Hall–Kier alpha value is -2.12. The summed E-state index contributed by atoms with van der Waals surface area (Å²) in [5.41, 5.74) is 1.02. The number of carbonyl (C=O) groups excluding carboxylic acids is 2. The van der Waals surface area contributed by atoms with E-state index >= 15 is 0 Å². The Morgan fingerprint density at radius 3 is 2.76 bits per heavy atom. The van der Waals surface area contributed by atoms with Gasteiger partial charge < -0.3 is 20.1 Å². The average molecular weight is 347 g/mol. The first-order chi connectivity index (χ1) is 12.0. The highest BCUT2D eigenvalue weighted by Crippen LogP contribution is 2.34. The summed E-state index contributed by atoms with van der Waals surface area (Å²) in [4.78, 5) is 28.6. The number of fused-ring (bicyclic) bond motifs is 1. The van der Waals surface area contributed by atoms with E-state index in [1.165, 1.54) is 0 Å². The fourth-order valence-corrected chi connectivity index (χ4v) is 3.13. The first-order valence-electron chi connectivity index (χ1n) is 8.79. The van der Waals surface area contributed by atoms with Crippen molar-refractivity contribution in [1.29, 1.82) is 0 Å². The summed E-state index contributed by atoms with van der Waals surface area (Å²) >= 11 is 0. The lowest BCUT2D eigenvalue weighted by Gasteiger charge is -2.36. The van der Waals surface area contributed by atoms with Gasteiger partial charge in [-0.1, -0.05) is 13.0 Å². The molecule has 7 heteroatoms. The van der Waals surface area contributed by atoms with E-state index in [0.29, 0.717) is 36.6 Å². The third-order valence-electron chi connectivity index (χ3n) is 4.77. The number of anilines is 1. The molecule has 136 valence electrons. The highest BCUT2D eigenvalue weighted by atomic mass is 16.5. The maximum atomic E-state index is 12.9. The maximum Gasteiger partial charge on any atom is 0.265 e. The number of ether oxygens (including phenoxy) is 1. The van der Waals surface area contributed by atoms with Gasteiger partial charge in [0.25, 0.3) is 11.8 Å². The van der Waals surface area contributed by atoms with Crippen LogP contribution < -0.4 is 10.1 Å². The highest BCUT2D eigenvalue weighted by Gasteiger charge is 2.30. The highest BCUT2D eigenvalue weighted by molar-refractivity contribution is 6.04. The van der Waals surface area contributed by atoms with Crippen molar-refractivity contribution in [2.45, 2.75) is 32.5 Å². The molecular formula is C18H25N3O4. The van der Waals surface area contributed by atoms with Crippen LogP contribution in [-0.4, -0.2) is 71.7 Å². The molecule has 2 heterocycles. The summed E-state index contributed by atoms with van der Waals surface area (Å²) < 4.78 is 5.67. The van der Waals surface area contributed by atoms with Crippen LogP contribution in [0.2, 0.25) is 0 Å². The van der Waals surface area contributed by atoms with E-state index in [1.54, 1.807) is 30.0 Å². The second kappa shape index (κ2) is 7.41. The summed E-state index contributed by atoms with van der Waals surface area (Å²) in [7, 11) is 0. The minimum Gasteiger partial charge on any atom is -0.478 e. The van der Waals surface area contributed by atoms with Gasteiger partial charge in [0.2, 0.25) is 0 Å². The Kier molecular flexibility index (Phi) is 5.24. The van der Waals surface area contributed by atoms with Crippen LogP contribution in [0.25, 0.3) is 0 Å². The van der Waals surface area contributed by atoms with Crippen molar-refractivity contribution < 1.29 is 19.4 Å². The van der Waals surface area contributed by atoms with Crippen molar-refractivity contribution in [2.75, 3.05) is 38.0 Å². The number of benzene rings is 1. The van der Waals surface area contributed by atoms with Crippen LogP contribution >= 0.6 is 0 Å². The van der Waals surface area contributed by atoms with Crippen molar-refractivity contribution in [3.63, 3.8) is 0 Å². The number of nitrogens with one attached hydrogen (secondary N) is 1. The zero-order valence-corrected chi connectivity index (χ0v) is 14.7. The zero-order valence-electron chi connectivity index (χ0n) is 14.7. The van der Waals surface area contributed by atoms with Gasteiger partial charge in [-0.05, 0) is 25.5 Å². The molecule has 2 N–H and O–H groups in total. The molecule has 2 amide bonds. The first kappa shape index (κ1) is 17.7. The van der Waals surface area contributed by atoms with Crippen molar-refractivity contribution in [2.24, 2.45) is 0 Å². The second-order valence-corrected chi connectivity index (χ2v) is 6.59. The molecule has 3 rings (SSSR count). The van der Waals surface area contributed by atoms with Gasteiger partial charge in [-0.2, -0.15) is 0 Å². The largest absolute Gasteiger partial charge is 0.478 e. The van der Waals surface area contributed by atoms with Crippen LogP contribution in [0.3, 0.4) is 0 Å². The minimum absolute atomic E-state index is 0.0871. The molecule has 0 aromatic heterocycles. The van der Waals surface area contributed by atoms with Gasteiger partial charge in [0.1, 0.15) is 0 Å². The Morgan fingerprint density at radius 2 is 2.08 bits per heavy atom. The normalized spacial score (nSPS) is 22.0. The van der Waals surface area contributed by atoms with Gasteiger partial charge in [0.05, 0.1) is 17.4 Å². The van der Waals surface area contributed by atoms with E-state index in [9.17, 15) is 14.7 Å². The van der Waals surface area contributed by atoms with E-state index in [-0.39, 0.29) is 17.9 Å². The van der Waals surface area contributed by atoms with Crippen LogP contribution in [0.5, 0.6) is 5.75 Å². The number of hydrogen-bond donors (Lipinski definition) is 2.